The Morgan fingerprint density at radius 3 is 2.58 bits per heavy atom. The van der Waals surface area contributed by atoms with E-state index in [1.165, 1.54) is 11.1 Å². The minimum atomic E-state index is 0.193. The summed E-state index contributed by atoms with van der Waals surface area (Å²) < 4.78 is 2.37. The van der Waals surface area contributed by atoms with Gasteiger partial charge in [-0.25, -0.2) is 4.98 Å². The lowest BCUT2D eigenvalue weighted by atomic mass is 9.87. The molecule has 0 radical (unpaired) electrons. The lowest BCUT2D eigenvalue weighted by Gasteiger charge is -2.30. The second-order valence-electron chi connectivity index (χ2n) is 6.32. The number of aromatic nitrogens is 2. The van der Waals surface area contributed by atoms with Gasteiger partial charge >= 0.3 is 0 Å². The number of benzene rings is 1. The van der Waals surface area contributed by atoms with E-state index in [2.05, 4.69) is 57.4 Å². The minimum absolute atomic E-state index is 0.193. The van der Waals surface area contributed by atoms with E-state index in [9.17, 15) is 0 Å². The van der Waals surface area contributed by atoms with Crippen molar-refractivity contribution in [3.63, 3.8) is 0 Å². The summed E-state index contributed by atoms with van der Waals surface area (Å²) in [7, 11) is 0. The summed E-state index contributed by atoms with van der Waals surface area (Å²) in [6.07, 6.45) is 0.816. The van der Waals surface area contributed by atoms with Gasteiger partial charge in [-0.3, -0.25) is 0 Å². The molecule has 0 saturated heterocycles. The van der Waals surface area contributed by atoms with Crippen molar-refractivity contribution in [2.24, 2.45) is 5.41 Å². The van der Waals surface area contributed by atoms with E-state index in [4.69, 9.17) is 16.6 Å². The molecule has 0 saturated carbocycles. The van der Waals surface area contributed by atoms with Gasteiger partial charge in [0.2, 0.25) is 0 Å². The van der Waals surface area contributed by atoms with Crippen molar-refractivity contribution in [1.82, 2.24) is 9.55 Å². The molecule has 3 heteroatoms. The lowest BCUT2D eigenvalue weighted by Crippen LogP contribution is -2.23. The summed E-state index contributed by atoms with van der Waals surface area (Å²) in [4.78, 5) is 4.82. The van der Waals surface area contributed by atoms with Crippen LogP contribution in [0.4, 0.5) is 0 Å². The fourth-order valence-electron chi connectivity index (χ4n) is 2.39. The Labute approximate surface area is 120 Å². The number of hydrogen-bond donors (Lipinski definition) is 0. The standard InChI is InChI=1S/C16H23ClN2/c1-11-7-6-8-13-15(11)18-14(9-10-17)19(13)12(2)16(3,4)5/h6-8,12H,9-10H2,1-5H3. The fourth-order valence-corrected chi connectivity index (χ4v) is 2.55. The highest BCUT2D eigenvalue weighted by molar-refractivity contribution is 6.17. The summed E-state index contributed by atoms with van der Waals surface area (Å²) in [6, 6.07) is 6.77. The van der Waals surface area contributed by atoms with E-state index in [1.807, 2.05) is 0 Å². The van der Waals surface area contributed by atoms with E-state index in [0.717, 1.165) is 17.8 Å². The highest BCUT2D eigenvalue weighted by Gasteiger charge is 2.25. The van der Waals surface area contributed by atoms with Gasteiger partial charge in [0.25, 0.3) is 0 Å². The Morgan fingerprint density at radius 1 is 1.32 bits per heavy atom. The highest BCUT2D eigenvalue weighted by atomic mass is 35.5. The summed E-state index contributed by atoms with van der Waals surface area (Å²) in [5.74, 6) is 1.71. The predicted molar refractivity (Wildman–Crippen MR) is 83.1 cm³/mol. The average molecular weight is 279 g/mol. The molecule has 0 aliphatic rings. The number of para-hydroxylation sites is 1. The molecular weight excluding hydrogens is 256 g/mol. The third-order valence-corrected chi connectivity index (χ3v) is 4.14. The van der Waals surface area contributed by atoms with Crippen LogP contribution in [0.1, 0.15) is 45.1 Å². The zero-order valence-electron chi connectivity index (χ0n) is 12.5. The van der Waals surface area contributed by atoms with Crippen LogP contribution in [0.25, 0.3) is 11.0 Å². The van der Waals surface area contributed by atoms with Gasteiger partial charge in [0.15, 0.2) is 0 Å². The fraction of sp³-hybridized carbons (Fsp3) is 0.562. The molecule has 2 nitrogen and oxygen atoms in total. The van der Waals surface area contributed by atoms with Crippen LogP contribution in [-0.4, -0.2) is 15.4 Å². The van der Waals surface area contributed by atoms with Crippen molar-refractivity contribution in [3.05, 3.63) is 29.6 Å². The zero-order valence-corrected chi connectivity index (χ0v) is 13.3. The normalized spacial score (nSPS) is 14.0. The van der Waals surface area contributed by atoms with Gasteiger partial charge in [-0.2, -0.15) is 0 Å². The third-order valence-electron chi connectivity index (χ3n) is 3.95. The van der Waals surface area contributed by atoms with E-state index >= 15 is 0 Å². The molecule has 1 atom stereocenters. The Bertz CT molecular complexity index is 578. The zero-order chi connectivity index (χ0) is 14.2. The predicted octanol–water partition coefficient (Wildman–Crippen LogP) is 4.73. The number of imidazole rings is 1. The molecule has 0 N–H and O–H groups in total. The van der Waals surface area contributed by atoms with Crippen LogP contribution < -0.4 is 0 Å². The Kier molecular flexibility index (Phi) is 3.91. The van der Waals surface area contributed by atoms with Crippen molar-refractivity contribution >= 4 is 22.6 Å². The Balaban J connectivity index is 2.68. The van der Waals surface area contributed by atoms with Crippen LogP contribution in [0.2, 0.25) is 0 Å². The van der Waals surface area contributed by atoms with Crippen LogP contribution >= 0.6 is 11.6 Å². The molecular formula is C16H23ClN2. The number of alkyl halides is 1. The molecule has 0 aliphatic heterocycles. The van der Waals surface area contributed by atoms with Gasteiger partial charge in [0.1, 0.15) is 5.82 Å². The molecule has 0 amide bonds. The molecule has 104 valence electrons. The average Bonchev–Trinajstić information content (AvgIpc) is 2.67. The first-order valence-corrected chi connectivity index (χ1v) is 7.42. The summed E-state index contributed by atoms with van der Waals surface area (Å²) in [5.41, 5.74) is 3.76. The molecule has 0 fully saturated rings. The van der Waals surface area contributed by atoms with Crippen molar-refractivity contribution in [2.75, 3.05) is 5.88 Å². The van der Waals surface area contributed by atoms with Gasteiger partial charge in [0.05, 0.1) is 11.0 Å². The smallest absolute Gasteiger partial charge is 0.111 e. The molecule has 1 aromatic carbocycles. The first kappa shape index (κ1) is 14.4. The molecule has 0 aliphatic carbocycles. The highest BCUT2D eigenvalue weighted by Crippen LogP contribution is 2.34. The first-order valence-electron chi connectivity index (χ1n) is 6.88. The molecule has 1 heterocycles. The van der Waals surface area contributed by atoms with Crippen LogP contribution in [0.3, 0.4) is 0 Å². The number of aryl methyl sites for hydroxylation is 2. The quantitative estimate of drug-likeness (QED) is 0.742. The molecule has 1 unspecified atom stereocenters. The number of rotatable bonds is 3. The van der Waals surface area contributed by atoms with Crippen LogP contribution in [0.5, 0.6) is 0 Å². The molecule has 0 spiro atoms. The second kappa shape index (κ2) is 5.16. The van der Waals surface area contributed by atoms with Gasteiger partial charge in [0, 0.05) is 18.3 Å². The number of nitrogens with zero attached hydrogens (tertiary/aromatic N) is 2. The molecule has 2 rings (SSSR count). The van der Waals surface area contributed by atoms with E-state index in [1.54, 1.807) is 0 Å². The summed E-state index contributed by atoms with van der Waals surface area (Å²) in [5, 5.41) is 0. The topological polar surface area (TPSA) is 17.8 Å². The van der Waals surface area contributed by atoms with E-state index < -0.39 is 0 Å². The Morgan fingerprint density at radius 2 is 2.00 bits per heavy atom. The monoisotopic (exact) mass is 278 g/mol. The first-order chi connectivity index (χ1) is 8.86. The minimum Gasteiger partial charge on any atom is -0.325 e. The lowest BCUT2D eigenvalue weighted by molar-refractivity contribution is 0.263. The van der Waals surface area contributed by atoms with E-state index in [0.29, 0.717) is 11.9 Å². The Hall–Kier alpha value is -1.02. The maximum atomic E-state index is 5.94. The summed E-state index contributed by atoms with van der Waals surface area (Å²) in [6.45, 7) is 11.2. The van der Waals surface area contributed by atoms with Gasteiger partial charge in [-0.1, -0.05) is 32.9 Å². The number of fused-ring (bicyclic) bond motifs is 1. The van der Waals surface area contributed by atoms with Gasteiger partial charge in [-0.15, -0.1) is 11.6 Å². The molecule has 2 aromatic rings. The number of hydrogen-bond acceptors (Lipinski definition) is 1. The van der Waals surface area contributed by atoms with Crippen LogP contribution in [0, 0.1) is 12.3 Å². The second-order valence-corrected chi connectivity index (χ2v) is 6.70. The van der Waals surface area contributed by atoms with Crippen molar-refractivity contribution in [2.45, 2.75) is 47.1 Å². The van der Waals surface area contributed by atoms with Crippen LogP contribution in [-0.2, 0) is 6.42 Å². The summed E-state index contributed by atoms with van der Waals surface area (Å²) >= 11 is 5.94. The van der Waals surface area contributed by atoms with E-state index in [-0.39, 0.29) is 5.41 Å². The van der Waals surface area contributed by atoms with Crippen molar-refractivity contribution in [1.29, 1.82) is 0 Å². The molecule has 0 bridgehead atoms. The van der Waals surface area contributed by atoms with Crippen molar-refractivity contribution < 1.29 is 0 Å². The maximum absolute atomic E-state index is 5.94. The molecule has 19 heavy (non-hydrogen) atoms. The van der Waals surface area contributed by atoms with Crippen LogP contribution in [0.15, 0.2) is 18.2 Å². The SMILES string of the molecule is Cc1cccc2c1nc(CCCl)n2C(C)C(C)(C)C. The third kappa shape index (κ3) is 2.64. The van der Waals surface area contributed by atoms with Crippen molar-refractivity contribution in [3.8, 4) is 0 Å². The molecule has 1 aromatic heterocycles. The van der Waals surface area contributed by atoms with Gasteiger partial charge < -0.3 is 4.57 Å². The maximum Gasteiger partial charge on any atom is 0.111 e. The number of halogens is 1. The van der Waals surface area contributed by atoms with Gasteiger partial charge in [-0.05, 0) is 30.9 Å². The largest absolute Gasteiger partial charge is 0.325 e.